The van der Waals surface area contributed by atoms with Crippen molar-refractivity contribution in [3.63, 3.8) is 0 Å². The number of carbonyl (C=O) groups is 2. The summed E-state index contributed by atoms with van der Waals surface area (Å²) in [6.45, 7) is 0. The van der Waals surface area contributed by atoms with E-state index in [-0.39, 0.29) is 28.1 Å². The fourth-order valence-electron chi connectivity index (χ4n) is 2.90. The maximum atomic E-state index is 14.2. The number of nitrogens with zero attached hydrogens (tertiary/aromatic N) is 1. The van der Waals surface area contributed by atoms with Crippen LogP contribution in [-0.2, 0) is 0 Å². The van der Waals surface area contributed by atoms with Crippen molar-refractivity contribution in [2.45, 2.75) is 0 Å². The molecule has 3 aromatic carbocycles. The van der Waals surface area contributed by atoms with Gasteiger partial charge in [-0.05, 0) is 42.5 Å². The number of benzene rings is 3. The molecule has 0 saturated carbocycles. The molecule has 0 spiro atoms. The summed E-state index contributed by atoms with van der Waals surface area (Å²) in [5.74, 6) is -3.33. The molecular formula is C22H17F3N2O2. The number of nitrogens with one attached hydrogen (secondary N) is 1. The normalized spacial score (nSPS) is 10.5. The molecule has 0 unspecified atom stereocenters. The Morgan fingerprint density at radius 1 is 0.828 bits per heavy atom. The molecule has 1 amide bonds. The summed E-state index contributed by atoms with van der Waals surface area (Å²) < 4.78 is 41.4. The van der Waals surface area contributed by atoms with Crippen LogP contribution >= 0.6 is 0 Å². The number of hydrogen-bond donors (Lipinski definition) is 1. The molecule has 3 rings (SSSR count). The standard InChI is InChI=1S/C22H17F3N2O2/c1-27(2)20-18(24)11-15(12-19(20)25)26-22(29)17-6-4-3-5-16(17)21(28)13-7-9-14(23)10-8-13/h3-12H,1-2H3,(H,26,29). The minimum absolute atomic E-state index is 0.0272. The number of hydrogen-bond acceptors (Lipinski definition) is 3. The average Bonchev–Trinajstić information content (AvgIpc) is 2.67. The van der Waals surface area contributed by atoms with E-state index in [2.05, 4.69) is 5.32 Å². The molecule has 0 radical (unpaired) electrons. The topological polar surface area (TPSA) is 49.4 Å². The van der Waals surface area contributed by atoms with Crippen LogP contribution in [0.3, 0.4) is 0 Å². The fraction of sp³-hybridized carbons (Fsp3) is 0.0909. The summed E-state index contributed by atoms with van der Waals surface area (Å²) in [6, 6.07) is 13.0. The van der Waals surface area contributed by atoms with Gasteiger partial charge >= 0.3 is 0 Å². The molecule has 0 fully saturated rings. The summed E-state index contributed by atoms with van der Waals surface area (Å²) in [5, 5.41) is 2.41. The lowest BCUT2D eigenvalue weighted by Crippen LogP contribution is -2.18. The predicted molar refractivity (Wildman–Crippen MR) is 105 cm³/mol. The highest BCUT2D eigenvalue weighted by molar-refractivity contribution is 6.17. The van der Waals surface area contributed by atoms with Crippen LogP contribution in [0.2, 0.25) is 0 Å². The van der Waals surface area contributed by atoms with Crippen molar-refractivity contribution in [1.82, 2.24) is 0 Å². The van der Waals surface area contributed by atoms with Gasteiger partial charge in [0.15, 0.2) is 17.4 Å². The summed E-state index contributed by atoms with van der Waals surface area (Å²) in [5.41, 5.74) is 0.00962. The third-order valence-corrected chi connectivity index (χ3v) is 4.24. The van der Waals surface area contributed by atoms with Crippen molar-refractivity contribution < 1.29 is 22.8 Å². The van der Waals surface area contributed by atoms with Crippen molar-refractivity contribution in [2.75, 3.05) is 24.3 Å². The largest absolute Gasteiger partial charge is 0.373 e. The molecule has 29 heavy (non-hydrogen) atoms. The molecule has 148 valence electrons. The zero-order valence-corrected chi connectivity index (χ0v) is 15.7. The van der Waals surface area contributed by atoms with Crippen molar-refractivity contribution in [1.29, 1.82) is 0 Å². The van der Waals surface area contributed by atoms with Gasteiger partial charge in [-0.3, -0.25) is 9.59 Å². The van der Waals surface area contributed by atoms with E-state index in [0.717, 1.165) is 24.3 Å². The van der Waals surface area contributed by atoms with Gasteiger partial charge in [-0.1, -0.05) is 18.2 Å². The van der Waals surface area contributed by atoms with Crippen LogP contribution in [0.15, 0.2) is 60.7 Å². The van der Waals surface area contributed by atoms with Gasteiger partial charge in [0.05, 0.1) is 5.56 Å². The van der Waals surface area contributed by atoms with Gasteiger partial charge in [-0.2, -0.15) is 0 Å². The first-order valence-electron chi connectivity index (χ1n) is 8.65. The lowest BCUT2D eigenvalue weighted by Gasteiger charge is -2.16. The van der Waals surface area contributed by atoms with Crippen molar-refractivity contribution in [3.05, 3.63) is 94.8 Å². The van der Waals surface area contributed by atoms with E-state index in [1.165, 1.54) is 43.3 Å². The third kappa shape index (κ3) is 4.29. The van der Waals surface area contributed by atoms with Crippen LogP contribution in [0, 0.1) is 17.5 Å². The Bertz CT molecular complexity index is 1060. The van der Waals surface area contributed by atoms with Crippen LogP contribution in [0.4, 0.5) is 24.5 Å². The maximum Gasteiger partial charge on any atom is 0.256 e. The lowest BCUT2D eigenvalue weighted by molar-refractivity contribution is 0.0996. The quantitative estimate of drug-likeness (QED) is 0.637. The van der Waals surface area contributed by atoms with E-state index in [9.17, 15) is 22.8 Å². The molecule has 0 bridgehead atoms. The predicted octanol–water partition coefficient (Wildman–Crippen LogP) is 4.65. The molecule has 0 aliphatic rings. The van der Waals surface area contributed by atoms with Crippen LogP contribution in [-0.4, -0.2) is 25.8 Å². The molecule has 7 heteroatoms. The van der Waals surface area contributed by atoms with Gasteiger partial charge in [0, 0.05) is 30.9 Å². The van der Waals surface area contributed by atoms with Gasteiger partial charge < -0.3 is 10.2 Å². The molecule has 0 atom stereocenters. The minimum atomic E-state index is -0.832. The van der Waals surface area contributed by atoms with Crippen molar-refractivity contribution >= 4 is 23.1 Å². The van der Waals surface area contributed by atoms with Gasteiger partial charge in [-0.25, -0.2) is 13.2 Å². The Morgan fingerprint density at radius 3 is 1.93 bits per heavy atom. The van der Waals surface area contributed by atoms with E-state index >= 15 is 0 Å². The van der Waals surface area contributed by atoms with E-state index < -0.39 is 29.1 Å². The number of anilines is 2. The maximum absolute atomic E-state index is 14.2. The Hall–Kier alpha value is -3.61. The molecule has 3 aromatic rings. The number of rotatable bonds is 5. The molecule has 1 N–H and O–H groups in total. The Labute approximate surface area is 165 Å². The zero-order chi connectivity index (χ0) is 21.1. The Kier molecular flexibility index (Phi) is 5.68. The number of carbonyl (C=O) groups excluding carboxylic acids is 2. The first kappa shape index (κ1) is 20.1. The Morgan fingerprint density at radius 2 is 1.38 bits per heavy atom. The lowest BCUT2D eigenvalue weighted by atomic mass is 9.98. The Balaban J connectivity index is 1.91. The highest BCUT2D eigenvalue weighted by atomic mass is 19.1. The van der Waals surface area contributed by atoms with Gasteiger partial charge in [0.1, 0.15) is 11.5 Å². The molecule has 0 heterocycles. The van der Waals surface area contributed by atoms with Crippen LogP contribution < -0.4 is 10.2 Å². The number of halogens is 3. The van der Waals surface area contributed by atoms with Crippen molar-refractivity contribution in [3.8, 4) is 0 Å². The first-order valence-corrected chi connectivity index (χ1v) is 8.65. The number of ketones is 1. The molecule has 0 aliphatic carbocycles. The summed E-state index contributed by atoms with van der Waals surface area (Å²) >= 11 is 0. The van der Waals surface area contributed by atoms with Crippen LogP contribution in [0.5, 0.6) is 0 Å². The summed E-state index contributed by atoms with van der Waals surface area (Å²) in [7, 11) is 2.99. The third-order valence-electron chi connectivity index (χ3n) is 4.24. The summed E-state index contributed by atoms with van der Waals surface area (Å²) in [4.78, 5) is 26.7. The van der Waals surface area contributed by atoms with Crippen LogP contribution in [0.1, 0.15) is 26.3 Å². The first-order chi connectivity index (χ1) is 13.8. The average molecular weight is 398 g/mol. The van der Waals surface area contributed by atoms with Gasteiger partial charge in [-0.15, -0.1) is 0 Å². The molecule has 0 aromatic heterocycles. The SMILES string of the molecule is CN(C)c1c(F)cc(NC(=O)c2ccccc2C(=O)c2ccc(F)cc2)cc1F. The smallest absolute Gasteiger partial charge is 0.256 e. The minimum Gasteiger partial charge on any atom is -0.373 e. The summed E-state index contributed by atoms with van der Waals surface area (Å²) in [6.07, 6.45) is 0. The number of amides is 1. The van der Waals surface area contributed by atoms with Gasteiger partial charge in [0.2, 0.25) is 0 Å². The molecule has 0 aliphatic heterocycles. The van der Waals surface area contributed by atoms with E-state index in [1.54, 1.807) is 12.1 Å². The monoisotopic (exact) mass is 398 g/mol. The molecular weight excluding hydrogens is 381 g/mol. The molecule has 4 nitrogen and oxygen atoms in total. The van der Waals surface area contributed by atoms with Gasteiger partial charge in [0.25, 0.3) is 5.91 Å². The second-order valence-corrected chi connectivity index (χ2v) is 6.52. The highest BCUT2D eigenvalue weighted by Gasteiger charge is 2.20. The fourth-order valence-corrected chi connectivity index (χ4v) is 2.90. The zero-order valence-electron chi connectivity index (χ0n) is 15.7. The second-order valence-electron chi connectivity index (χ2n) is 6.52. The van der Waals surface area contributed by atoms with E-state index in [4.69, 9.17) is 0 Å². The highest BCUT2D eigenvalue weighted by Crippen LogP contribution is 2.26. The van der Waals surface area contributed by atoms with E-state index in [0.29, 0.717) is 0 Å². The van der Waals surface area contributed by atoms with E-state index in [1.807, 2.05) is 0 Å². The molecule has 0 saturated heterocycles. The second kappa shape index (κ2) is 8.18. The van der Waals surface area contributed by atoms with Crippen molar-refractivity contribution in [2.24, 2.45) is 0 Å². The van der Waals surface area contributed by atoms with Crippen LogP contribution in [0.25, 0.3) is 0 Å².